The van der Waals surface area contributed by atoms with Gasteiger partial charge in [0.1, 0.15) is 6.04 Å². The third-order valence-corrected chi connectivity index (χ3v) is 3.10. The molecule has 1 aliphatic heterocycles. The van der Waals surface area contributed by atoms with Gasteiger partial charge < -0.3 is 9.64 Å². The maximum absolute atomic E-state index is 11.7. The summed E-state index contributed by atoms with van der Waals surface area (Å²) >= 11 is 1.48. The van der Waals surface area contributed by atoms with Gasteiger partial charge in [-0.1, -0.05) is 0 Å². The lowest BCUT2D eigenvalue weighted by Gasteiger charge is -2.33. The molecule has 0 aromatic rings. The average molecular weight is 231 g/mol. The number of hydrogen-bond acceptors (Lipinski definition) is 4. The summed E-state index contributed by atoms with van der Waals surface area (Å²) in [5.41, 5.74) is 0. The van der Waals surface area contributed by atoms with Gasteiger partial charge in [0.25, 0.3) is 0 Å². The molecule has 0 aromatic carbocycles. The highest BCUT2D eigenvalue weighted by molar-refractivity contribution is 7.99. The van der Waals surface area contributed by atoms with Crippen molar-refractivity contribution < 1.29 is 14.3 Å². The predicted octanol–water partition coefficient (Wildman–Crippen LogP) is 0.903. The summed E-state index contributed by atoms with van der Waals surface area (Å²) in [6.45, 7) is 0.680. The summed E-state index contributed by atoms with van der Waals surface area (Å²) < 4.78 is 4.71. The van der Waals surface area contributed by atoms with Gasteiger partial charge in [0.15, 0.2) is 0 Å². The van der Waals surface area contributed by atoms with Crippen molar-refractivity contribution in [3.63, 3.8) is 0 Å². The molecule has 0 bridgehead atoms. The van der Waals surface area contributed by atoms with Crippen LogP contribution in [0.4, 0.5) is 0 Å². The number of ether oxygens (including phenoxy) is 1. The number of rotatable bonds is 3. The SMILES string of the molecule is COC(=O)[C@H]1CCCCN1C(=O)CSC. The monoisotopic (exact) mass is 231 g/mol. The largest absolute Gasteiger partial charge is 0.467 e. The van der Waals surface area contributed by atoms with Crippen LogP contribution in [0.25, 0.3) is 0 Å². The molecular formula is C10H17NO3S. The maximum atomic E-state index is 11.7. The van der Waals surface area contributed by atoms with Gasteiger partial charge in [-0.25, -0.2) is 4.79 Å². The molecule has 1 atom stereocenters. The van der Waals surface area contributed by atoms with Crippen molar-refractivity contribution in [2.24, 2.45) is 0 Å². The molecule has 1 heterocycles. The molecule has 0 radical (unpaired) electrons. The summed E-state index contributed by atoms with van der Waals surface area (Å²) in [6, 6.07) is -0.358. The molecule has 1 fully saturated rings. The fourth-order valence-electron chi connectivity index (χ4n) is 1.82. The Kier molecular flexibility index (Phi) is 4.94. The quantitative estimate of drug-likeness (QED) is 0.677. The molecule has 4 nitrogen and oxygen atoms in total. The number of nitrogens with zero attached hydrogens (tertiary/aromatic N) is 1. The molecule has 0 N–H and O–H groups in total. The minimum absolute atomic E-state index is 0.0394. The number of piperidine rings is 1. The minimum atomic E-state index is -0.358. The Morgan fingerprint density at radius 2 is 2.20 bits per heavy atom. The summed E-state index contributed by atoms with van der Waals surface area (Å²) in [4.78, 5) is 24.8. The Balaban J connectivity index is 2.65. The maximum Gasteiger partial charge on any atom is 0.328 e. The lowest BCUT2D eigenvalue weighted by Crippen LogP contribution is -2.49. The third kappa shape index (κ3) is 3.12. The zero-order valence-corrected chi connectivity index (χ0v) is 10.0. The van der Waals surface area contributed by atoms with E-state index < -0.39 is 0 Å². The van der Waals surface area contributed by atoms with E-state index in [1.165, 1.54) is 18.9 Å². The van der Waals surface area contributed by atoms with E-state index in [1.807, 2.05) is 6.26 Å². The molecule has 1 rings (SSSR count). The molecule has 0 saturated carbocycles. The van der Waals surface area contributed by atoms with Gasteiger partial charge in [-0.15, -0.1) is 0 Å². The molecule has 0 aromatic heterocycles. The van der Waals surface area contributed by atoms with Crippen molar-refractivity contribution in [1.29, 1.82) is 0 Å². The number of esters is 1. The van der Waals surface area contributed by atoms with Gasteiger partial charge >= 0.3 is 5.97 Å². The van der Waals surface area contributed by atoms with E-state index >= 15 is 0 Å². The van der Waals surface area contributed by atoms with Crippen LogP contribution in [0.3, 0.4) is 0 Å². The summed E-state index contributed by atoms with van der Waals surface area (Å²) in [6.07, 6.45) is 4.58. The first-order valence-corrected chi connectivity index (χ1v) is 6.46. The van der Waals surface area contributed by atoms with Gasteiger partial charge in [0.2, 0.25) is 5.91 Å². The minimum Gasteiger partial charge on any atom is -0.467 e. The molecule has 0 aliphatic carbocycles. The van der Waals surface area contributed by atoms with Crippen LogP contribution in [0.15, 0.2) is 0 Å². The molecule has 15 heavy (non-hydrogen) atoms. The fourth-order valence-corrected chi connectivity index (χ4v) is 2.23. The Bertz CT molecular complexity index is 245. The Hall–Kier alpha value is -0.710. The Morgan fingerprint density at radius 3 is 2.80 bits per heavy atom. The molecule has 5 heteroatoms. The number of carbonyl (C=O) groups excluding carboxylic acids is 2. The molecule has 0 spiro atoms. The predicted molar refractivity (Wildman–Crippen MR) is 59.8 cm³/mol. The van der Waals surface area contributed by atoms with E-state index in [1.54, 1.807) is 4.90 Å². The smallest absolute Gasteiger partial charge is 0.328 e. The van der Waals surface area contributed by atoms with Crippen LogP contribution in [0.1, 0.15) is 19.3 Å². The first-order valence-electron chi connectivity index (χ1n) is 5.07. The van der Waals surface area contributed by atoms with Gasteiger partial charge in [0, 0.05) is 6.54 Å². The summed E-state index contributed by atoms with van der Waals surface area (Å²) in [5, 5.41) is 0. The lowest BCUT2D eigenvalue weighted by atomic mass is 10.0. The Morgan fingerprint density at radius 1 is 1.47 bits per heavy atom. The summed E-state index contributed by atoms with van der Waals surface area (Å²) in [7, 11) is 1.37. The third-order valence-electron chi connectivity index (χ3n) is 2.56. The molecule has 1 saturated heterocycles. The van der Waals surface area contributed by atoms with Crippen molar-refractivity contribution >= 4 is 23.6 Å². The standard InChI is InChI=1S/C10H17NO3S/c1-14-10(13)8-5-3-4-6-11(8)9(12)7-15-2/h8H,3-7H2,1-2H3/t8-/m1/s1. The summed E-state index contributed by atoms with van der Waals surface area (Å²) in [5.74, 6) is 0.190. The van der Waals surface area contributed by atoms with Crippen molar-refractivity contribution in [1.82, 2.24) is 4.90 Å². The number of thioether (sulfide) groups is 1. The van der Waals surface area contributed by atoms with Crippen LogP contribution in [0.2, 0.25) is 0 Å². The van der Waals surface area contributed by atoms with Crippen LogP contribution in [-0.2, 0) is 14.3 Å². The zero-order valence-electron chi connectivity index (χ0n) is 9.19. The van der Waals surface area contributed by atoms with Crippen molar-refractivity contribution in [3.05, 3.63) is 0 Å². The van der Waals surface area contributed by atoms with Crippen LogP contribution in [0.5, 0.6) is 0 Å². The first kappa shape index (κ1) is 12.4. The van der Waals surface area contributed by atoms with Crippen LogP contribution in [-0.4, -0.2) is 48.5 Å². The average Bonchev–Trinajstić information content (AvgIpc) is 2.28. The highest BCUT2D eigenvalue weighted by atomic mass is 32.2. The normalized spacial score (nSPS) is 21.2. The van der Waals surface area contributed by atoms with E-state index in [9.17, 15) is 9.59 Å². The number of methoxy groups -OCH3 is 1. The zero-order chi connectivity index (χ0) is 11.3. The van der Waals surface area contributed by atoms with Crippen molar-refractivity contribution in [2.75, 3.05) is 25.7 Å². The molecular weight excluding hydrogens is 214 g/mol. The van der Waals surface area contributed by atoms with Gasteiger partial charge in [-0.2, -0.15) is 11.8 Å². The number of hydrogen-bond donors (Lipinski definition) is 0. The van der Waals surface area contributed by atoms with Gasteiger partial charge in [-0.3, -0.25) is 4.79 Å². The van der Waals surface area contributed by atoms with E-state index in [0.29, 0.717) is 12.3 Å². The number of carbonyl (C=O) groups is 2. The highest BCUT2D eigenvalue weighted by Gasteiger charge is 2.32. The van der Waals surface area contributed by atoms with Crippen LogP contribution < -0.4 is 0 Å². The van der Waals surface area contributed by atoms with Gasteiger partial charge in [0.05, 0.1) is 12.9 Å². The number of amides is 1. The second-order valence-corrected chi connectivity index (χ2v) is 4.42. The first-order chi connectivity index (χ1) is 7.20. The lowest BCUT2D eigenvalue weighted by molar-refractivity contribution is -0.153. The topological polar surface area (TPSA) is 46.6 Å². The van der Waals surface area contributed by atoms with Gasteiger partial charge in [-0.05, 0) is 25.5 Å². The van der Waals surface area contributed by atoms with Crippen molar-refractivity contribution in [2.45, 2.75) is 25.3 Å². The second kappa shape index (κ2) is 6.00. The molecule has 0 unspecified atom stereocenters. The molecule has 86 valence electrons. The van der Waals surface area contributed by atoms with E-state index in [2.05, 4.69) is 0 Å². The second-order valence-electron chi connectivity index (χ2n) is 3.55. The molecule has 1 amide bonds. The van der Waals surface area contributed by atoms with Crippen LogP contribution in [0, 0.1) is 0 Å². The fraction of sp³-hybridized carbons (Fsp3) is 0.800. The van der Waals surface area contributed by atoms with Crippen LogP contribution >= 0.6 is 11.8 Å². The van der Waals surface area contributed by atoms with E-state index in [-0.39, 0.29) is 17.9 Å². The highest BCUT2D eigenvalue weighted by Crippen LogP contribution is 2.19. The Labute approximate surface area is 94.3 Å². The number of likely N-dealkylation sites (tertiary alicyclic amines) is 1. The van der Waals surface area contributed by atoms with E-state index in [4.69, 9.17) is 4.74 Å². The van der Waals surface area contributed by atoms with E-state index in [0.717, 1.165) is 19.3 Å². The molecule has 1 aliphatic rings. The van der Waals surface area contributed by atoms with Crippen molar-refractivity contribution in [3.8, 4) is 0 Å².